The first-order chi connectivity index (χ1) is 11.3. The lowest BCUT2D eigenvalue weighted by molar-refractivity contribution is 0.555. The minimum Gasteiger partial charge on any atom is -0.315 e. The standard InChI is InChI=1S/C11H15N7O4S2/c12-23(19,20)10-8(11-14-17-18-15-11)2-1-3-9(10)24(21,22)16-7-4-5-13-6-7/h1-3,7,13,16H,4-6H2,(H2,12,19,20)(H,14,15,17,18). The Kier molecular flexibility index (Phi) is 4.35. The maximum Gasteiger partial charge on any atom is 0.242 e. The van der Waals surface area contributed by atoms with E-state index in [0.717, 1.165) is 0 Å². The topological polar surface area (TPSA) is 173 Å². The average Bonchev–Trinajstić information content (AvgIpc) is 3.18. The largest absolute Gasteiger partial charge is 0.315 e. The molecule has 1 fully saturated rings. The molecule has 5 N–H and O–H groups in total. The third-order valence-corrected chi connectivity index (χ3v) is 6.22. The van der Waals surface area contributed by atoms with Gasteiger partial charge in [-0.05, 0) is 30.3 Å². The smallest absolute Gasteiger partial charge is 0.242 e. The van der Waals surface area contributed by atoms with Crippen molar-refractivity contribution in [2.75, 3.05) is 13.1 Å². The van der Waals surface area contributed by atoms with Crippen LogP contribution in [0.3, 0.4) is 0 Å². The predicted molar refractivity (Wildman–Crippen MR) is 82.6 cm³/mol. The molecule has 1 aromatic carbocycles. The predicted octanol–water partition coefficient (Wildman–Crippen LogP) is -1.85. The molecule has 2 aromatic rings. The minimum atomic E-state index is -4.36. The van der Waals surface area contributed by atoms with E-state index in [2.05, 4.69) is 30.7 Å². The van der Waals surface area contributed by atoms with Crippen LogP contribution in [0.25, 0.3) is 11.4 Å². The lowest BCUT2D eigenvalue weighted by Crippen LogP contribution is -2.37. The molecule has 1 aromatic heterocycles. The molecule has 11 nitrogen and oxygen atoms in total. The van der Waals surface area contributed by atoms with E-state index in [1.165, 1.54) is 18.2 Å². The molecule has 2 heterocycles. The van der Waals surface area contributed by atoms with Crippen molar-refractivity contribution in [3.05, 3.63) is 18.2 Å². The SMILES string of the molecule is NS(=O)(=O)c1c(-c2nn[nH]n2)cccc1S(=O)(=O)NC1CCNC1. The molecule has 1 atom stereocenters. The molecule has 1 aliphatic rings. The number of hydrogen-bond donors (Lipinski definition) is 4. The van der Waals surface area contributed by atoms with Crippen LogP contribution in [0.4, 0.5) is 0 Å². The van der Waals surface area contributed by atoms with Crippen LogP contribution in [0.2, 0.25) is 0 Å². The van der Waals surface area contributed by atoms with Gasteiger partial charge in [0, 0.05) is 18.2 Å². The third kappa shape index (κ3) is 3.29. The number of primary sulfonamides is 1. The summed E-state index contributed by atoms with van der Waals surface area (Å²) in [6, 6.07) is 3.61. The van der Waals surface area contributed by atoms with E-state index in [9.17, 15) is 16.8 Å². The van der Waals surface area contributed by atoms with Crippen LogP contribution in [0.1, 0.15) is 6.42 Å². The van der Waals surface area contributed by atoms with Crippen molar-refractivity contribution in [3.8, 4) is 11.4 Å². The van der Waals surface area contributed by atoms with Gasteiger partial charge in [0.2, 0.25) is 25.9 Å². The Morgan fingerprint density at radius 1 is 1.25 bits per heavy atom. The van der Waals surface area contributed by atoms with Gasteiger partial charge in [-0.25, -0.2) is 26.7 Å². The molecule has 24 heavy (non-hydrogen) atoms. The highest BCUT2D eigenvalue weighted by atomic mass is 32.2. The van der Waals surface area contributed by atoms with E-state index in [-0.39, 0.29) is 17.4 Å². The number of nitrogens with two attached hydrogens (primary N) is 1. The number of tetrazole rings is 1. The lowest BCUT2D eigenvalue weighted by atomic mass is 10.2. The normalized spacial score (nSPS) is 18.8. The van der Waals surface area contributed by atoms with Crippen LogP contribution >= 0.6 is 0 Å². The quantitative estimate of drug-likeness (QED) is 0.473. The Balaban J connectivity index is 2.16. The summed E-state index contributed by atoms with van der Waals surface area (Å²) in [6.07, 6.45) is 0.606. The number of hydrogen-bond acceptors (Lipinski definition) is 8. The monoisotopic (exact) mass is 373 g/mol. The molecule has 0 spiro atoms. The van der Waals surface area contributed by atoms with Crippen LogP contribution in [0.15, 0.2) is 28.0 Å². The molecule has 0 radical (unpaired) electrons. The summed E-state index contributed by atoms with van der Waals surface area (Å²) in [5.74, 6) is -0.0707. The van der Waals surface area contributed by atoms with Crippen molar-refractivity contribution in [2.45, 2.75) is 22.3 Å². The summed E-state index contributed by atoms with van der Waals surface area (Å²) < 4.78 is 51.9. The van der Waals surface area contributed by atoms with E-state index in [1.54, 1.807) is 0 Å². The number of nitrogens with one attached hydrogen (secondary N) is 3. The number of aromatic nitrogens is 4. The molecule has 3 rings (SSSR count). The molecule has 0 bridgehead atoms. The van der Waals surface area contributed by atoms with Crippen LogP contribution in [0.5, 0.6) is 0 Å². The summed E-state index contributed by atoms with van der Waals surface area (Å²) in [4.78, 5) is -1.01. The summed E-state index contributed by atoms with van der Waals surface area (Å²) in [6.45, 7) is 1.15. The highest BCUT2D eigenvalue weighted by Crippen LogP contribution is 2.29. The lowest BCUT2D eigenvalue weighted by Gasteiger charge is -2.15. The third-order valence-electron chi connectivity index (χ3n) is 3.52. The van der Waals surface area contributed by atoms with Crippen molar-refractivity contribution in [1.82, 2.24) is 30.7 Å². The van der Waals surface area contributed by atoms with Gasteiger partial charge in [0.15, 0.2) is 0 Å². The maximum atomic E-state index is 12.7. The Morgan fingerprint density at radius 2 is 2.04 bits per heavy atom. The van der Waals surface area contributed by atoms with Crippen LogP contribution in [-0.2, 0) is 20.0 Å². The van der Waals surface area contributed by atoms with Gasteiger partial charge in [0.1, 0.15) is 9.79 Å². The zero-order valence-electron chi connectivity index (χ0n) is 12.3. The van der Waals surface area contributed by atoms with Gasteiger partial charge < -0.3 is 5.32 Å². The fraction of sp³-hybridized carbons (Fsp3) is 0.364. The zero-order valence-corrected chi connectivity index (χ0v) is 13.9. The molecule has 0 amide bonds. The Labute approximate surface area is 138 Å². The number of H-pyrrole nitrogens is 1. The summed E-state index contributed by atoms with van der Waals surface area (Å²) in [5.41, 5.74) is -0.0429. The molecule has 1 aliphatic heterocycles. The van der Waals surface area contributed by atoms with Gasteiger partial charge in [-0.15, -0.1) is 10.2 Å². The van der Waals surface area contributed by atoms with Crippen molar-refractivity contribution in [3.63, 3.8) is 0 Å². The molecule has 1 saturated heterocycles. The zero-order chi connectivity index (χ0) is 17.4. The van der Waals surface area contributed by atoms with Gasteiger partial charge in [0.25, 0.3) is 0 Å². The van der Waals surface area contributed by atoms with E-state index in [4.69, 9.17) is 5.14 Å². The highest BCUT2D eigenvalue weighted by Gasteiger charge is 2.31. The summed E-state index contributed by atoms with van der Waals surface area (Å²) >= 11 is 0. The van der Waals surface area contributed by atoms with E-state index < -0.39 is 29.8 Å². The second-order valence-corrected chi connectivity index (χ2v) is 8.40. The first kappa shape index (κ1) is 16.9. The van der Waals surface area contributed by atoms with Gasteiger partial charge in [-0.1, -0.05) is 6.07 Å². The van der Waals surface area contributed by atoms with Crippen LogP contribution in [-0.4, -0.2) is 56.6 Å². The van der Waals surface area contributed by atoms with Gasteiger partial charge in [-0.2, -0.15) is 5.21 Å². The Hall–Kier alpha value is -1.93. The van der Waals surface area contributed by atoms with Crippen molar-refractivity contribution in [1.29, 1.82) is 0 Å². The van der Waals surface area contributed by atoms with Crippen molar-refractivity contribution in [2.24, 2.45) is 5.14 Å². The fourth-order valence-corrected chi connectivity index (χ4v) is 5.38. The van der Waals surface area contributed by atoms with Crippen LogP contribution in [0, 0.1) is 0 Å². The first-order valence-corrected chi connectivity index (χ1v) is 9.94. The summed E-state index contributed by atoms with van der Waals surface area (Å²) in [5, 5.41) is 21.2. The Bertz CT molecular complexity index is 935. The van der Waals surface area contributed by atoms with Gasteiger partial charge in [0.05, 0.1) is 0 Å². The van der Waals surface area contributed by atoms with Gasteiger partial charge >= 0.3 is 0 Å². The van der Waals surface area contributed by atoms with E-state index in [1.807, 2.05) is 0 Å². The Morgan fingerprint density at radius 3 is 2.62 bits per heavy atom. The number of sulfonamides is 2. The number of nitrogens with zero attached hydrogens (tertiary/aromatic N) is 3. The number of benzene rings is 1. The first-order valence-electron chi connectivity index (χ1n) is 6.92. The van der Waals surface area contributed by atoms with Crippen molar-refractivity contribution >= 4 is 20.0 Å². The number of rotatable bonds is 5. The molecule has 130 valence electrons. The summed E-state index contributed by atoms with van der Waals surface area (Å²) in [7, 11) is -8.47. The molecular weight excluding hydrogens is 358 g/mol. The van der Waals surface area contributed by atoms with Gasteiger partial charge in [-0.3, -0.25) is 0 Å². The van der Waals surface area contributed by atoms with E-state index >= 15 is 0 Å². The average molecular weight is 373 g/mol. The minimum absolute atomic E-state index is 0.0429. The fourth-order valence-electron chi connectivity index (χ4n) is 2.51. The molecule has 1 unspecified atom stereocenters. The van der Waals surface area contributed by atoms with Crippen molar-refractivity contribution < 1.29 is 16.8 Å². The highest BCUT2D eigenvalue weighted by molar-refractivity contribution is 7.92. The van der Waals surface area contributed by atoms with E-state index in [0.29, 0.717) is 19.5 Å². The number of aromatic amines is 1. The second-order valence-electron chi connectivity index (χ2n) is 5.22. The molecule has 13 heteroatoms. The van der Waals surface area contributed by atoms with Crippen LogP contribution < -0.4 is 15.2 Å². The second kappa shape index (κ2) is 6.18. The molecule has 0 saturated carbocycles. The molecule has 0 aliphatic carbocycles. The maximum absolute atomic E-state index is 12.7. The molecular formula is C11H15N7O4S2.